The molecule has 0 aliphatic carbocycles. The van der Waals surface area contributed by atoms with Crippen molar-refractivity contribution in [3.8, 4) is 0 Å². The lowest BCUT2D eigenvalue weighted by Crippen LogP contribution is -2.49. The van der Waals surface area contributed by atoms with Gasteiger partial charge in [0, 0.05) is 0 Å². The smallest absolute Gasteiger partial charge is 0.373 e. The Labute approximate surface area is 54.6 Å². The molecule has 6 heteroatoms. The molecule has 0 bridgehead atoms. The third-order valence-electron chi connectivity index (χ3n) is 0.994. The third kappa shape index (κ3) is 1.38. The first-order valence-electron chi connectivity index (χ1n) is 2.24. The lowest BCUT2D eigenvalue weighted by Gasteiger charge is -2.21. The molecule has 0 saturated carbocycles. The maximum Gasteiger partial charge on any atom is 0.426 e. The first-order chi connectivity index (χ1) is 4.19. The standard InChI is InChI=1S/C4H5F3NO2/c1-3(10,2(8)9)4(5,6)7/h8,10H,1H3. The summed E-state index contributed by atoms with van der Waals surface area (Å²) in [5.74, 6) is -2.06. The number of hydrogen-bond donors (Lipinski definition) is 1. The molecule has 0 spiro atoms. The Hall–Kier alpha value is -0.780. The zero-order chi connectivity index (χ0) is 8.58. The number of hydrogen-bond acceptors (Lipinski definition) is 2. The van der Waals surface area contributed by atoms with Gasteiger partial charge in [-0.2, -0.15) is 13.2 Å². The Balaban J connectivity index is 4.57. The van der Waals surface area contributed by atoms with Crippen LogP contribution in [0.3, 0.4) is 0 Å². The molecule has 10 heavy (non-hydrogen) atoms. The summed E-state index contributed by atoms with van der Waals surface area (Å²) in [6, 6.07) is 0. The maximum atomic E-state index is 11.5. The summed E-state index contributed by atoms with van der Waals surface area (Å²) in [4.78, 5) is 9.81. The Morgan fingerprint density at radius 2 is 1.80 bits per heavy atom. The van der Waals surface area contributed by atoms with Crippen molar-refractivity contribution >= 4 is 5.91 Å². The van der Waals surface area contributed by atoms with Gasteiger partial charge in [-0.15, -0.1) is 0 Å². The fraction of sp³-hybridized carbons (Fsp3) is 0.750. The van der Waals surface area contributed by atoms with Crippen molar-refractivity contribution in [1.82, 2.24) is 5.73 Å². The van der Waals surface area contributed by atoms with Gasteiger partial charge < -0.3 is 5.11 Å². The third-order valence-corrected chi connectivity index (χ3v) is 0.994. The van der Waals surface area contributed by atoms with Gasteiger partial charge in [0.1, 0.15) is 0 Å². The molecule has 1 amide bonds. The SMILES string of the molecule is CC(O)(C([NH])=O)C(F)(F)F. The van der Waals surface area contributed by atoms with E-state index in [-0.39, 0.29) is 6.92 Å². The van der Waals surface area contributed by atoms with Crippen LogP contribution in [-0.4, -0.2) is 22.8 Å². The summed E-state index contributed by atoms with van der Waals surface area (Å²) in [7, 11) is 0. The lowest BCUT2D eigenvalue weighted by molar-refractivity contribution is -0.244. The van der Waals surface area contributed by atoms with Crippen LogP contribution >= 0.6 is 0 Å². The van der Waals surface area contributed by atoms with E-state index in [1.165, 1.54) is 0 Å². The van der Waals surface area contributed by atoms with Gasteiger partial charge in [0.05, 0.1) is 0 Å². The van der Waals surface area contributed by atoms with Gasteiger partial charge in [0.2, 0.25) is 5.60 Å². The quantitative estimate of drug-likeness (QED) is 0.585. The Morgan fingerprint density at radius 1 is 1.50 bits per heavy atom. The number of aliphatic hydroxyl groups is 1. The predicted octanol–water partition coefficient (Wildman–Crippen LogP) is 0.109. The van der Waals surface area contributed by atoms with Crippen LogP contribution in [0.25, 0.3) is 0 Å². The average molecular weight is 156 g/mol. The molecule has 0 aliphatic rings. The zero-order valence-corrected chi connectivity index (χ0v) is 4.99. The van der Waals surface area contributed by atoms with Crippen molar-refractivity contribution in [2.45, 2.75) is 18.7 Å². The maximum absolute atomic E-state index is 11.5. The minimum atomic E-state index is -5.06. The van der Waals surface area contributed by atoms with Crippen molar-refractivity contribution < 1.29 is 23.1 Å². The first-order valence-corrected chi connectivity index (χ1v) is 2.24. The predicted molar refractivity (Wildman–Crippen MR) is 24.8 cm³/mol. The van der Waals surface area contributed by atoms with Gasteiger partial charge in [0.15, 0.2) is 0 Å². The molecule has 0 saturated heterocycles. The number of amides is 1. The van der Waals surface area contributed by atoms with E-state index < -0.39 is 17.7 Å². The molecule has 3 nitrogen and oxygen atoms in total. The molecule has 1 unspecified atom stereocenters. The molecule has 0 heterocycles. The normalized spacial score (nSPS) is 18.1. The molecule has 59 valence electrons. The minimum Gasteiger partial charge on any atom is -0.373 e. The Kier molecular flexibility index (Phi) is 1.95. The molecule has 2 N–H and O–H groups in total. The van der Waals surface area contributed by atoms with E-state index in [1.54, 1.807) is 0 Å². The molecule has 0 fully saturated rings. The summed E-state index contributed by atoms with van der Waals surface area (Å²) in [6.07, 6.45) is -5.06. The summed E-state index contributed by atoms with van der Waals surface area (Å²) in [6.45, 7) is 0.238. The monoisotopic (exact) mass is 156 g/mol. The number of rotatable bonds is 1. The summed E-state index contributed by atoms with van der Waals surface area (Å²) >= 11 is 0. The average Bonchev–Trinajstić information content (AvgIpc) is 1.62. The van der Waals surface area contributed by atoms with Gasteiger partial charge >= 0.3 is 6.18 Å². The second-order valence-electron chi connectivity index (χ2n) is 1.90. The second kappa shape index (κ2) is 2.12. The Bertz CT molecular complexity index is 151. The fourth-order valence-corrected chi connectivity index (χ4v) is 0.129. The van der Waals surface area contributed by atoms with E-state index in [0.717, 1.165) is 0 Å². The number of carbonyl (C=O) groups is 1. The summed E-state index contributed by atoms with van der Waals surface area (Å²) in [5.41, 5.74) is 2.49. The first kappa shape index (κ1) is 9.22. The van der Waals surface area contributed by atoms with Crippen molar-refractivity contribution in [3.63, 3.8) is 0 Å². The number of alkyl halides is 3. The van der Waals surface area contributed by atoms with E-state index in [9.17, 15) is 18.0 Å². The van der Waals surface area contributed by atoms with Crippen LogP contribution in [0.4, 0.5) is 13.2 Å². The number of carbonyl (C=O) groups excluding carboxylic acids is 1. The van der Waals surface area contributed by atoms with Crippen molar-refractivity contribution in [2.24, 2.45) is 0 Å². The van der Waals surface area contributed by atoms with Crippen LogP contribution in [-0.2, 0) is 4.79 Å². The van der Waals surface area contributed by atoms with Crippen molar-refractivity contribution in [2.75, 3.05) is 0 Å². The molecule has 0 aromatic rings. The molecule has 0 aliphatic heterocycles. The van der Waals surface area contributed by atoms with Crippen LogP contribution in [0.5, 0.6) is 0 Å². The van der Waals surface area contributed by atoms with Gasteiger partial charge in [-0.1, -0.05) is 0 Å². The number of halogens is 3. The minimum absolute atomic E-state index is 0.238. The van der Waals surface area contributed by atoms with Gasteiger partial charge in [-0.25, -0.2) is 0 Å². The second-order valence-corrected chi connectivity index (χ2v) is 1.90. The largest absolute Gasteiger partial charge is 0.426 e. The fourth-order valence-electron chi connectivity index (χ4n) is 0.129. The van der Waals surface area contributed by atoms with Crippen LogP contribution < -0.4 is 5.73 Å². The highest BCUT2D eigenvalue weighted by Crippen LogP contribution is 2.29. The van der Waals surface area contributed by atoms with Crippen LogP contribution in [0.2, 0.25) is 0 Å². The molecular weight excluding hydrogens is 151 g/mol. The summed E-state index contributed by atoms with van der Waals surface area (Å²) < 4.78 is 34.5. The molecule has 1 atom stereocenters. The van der Waals surface area contributed by atoms with Crippen LogP contribution in [0.1, 0.15) is 6.92 Å². The van der Waals surface area contributed by atoms with Crippen molar-refractivity contribution in [1.29, 1.82) is 0 Å². The van der Waals surface area contributed by atoms with Gasteiger partial charge in [-0.3, -0.25) is 10.5 Å². The van der Waals surface area contributed by atoms with E-state index in [0.29, 0.717) is 0 Å². The van der Waals surface area contributed by atoms with Crippen LogP contribution in [0, 0.1) is 0 Å². The highest BCUT2D eigenvalue weighted by Gasteiger charge is 2.55. The van der Waals surface area contributed by atoms with E-state index >= 15 is 0 Å². The lowest BCUT2D eigenvalue weighted by atomic mass is 10.1. The highest BCUT2D eigenvalue weighted by atomic mass is 19.4. The molecule has 0 aromatic heterocycles. The highest BCUT2D eigenvalue weighted by molar-refractivity contribution is 5.82. The molecule has 0 aromatic carbocycles. The molecular formula is C4H5F3NO2. The van der Waals surface area contributed by atoms with Crippen LogP contribution in [0.15, 0.2) is 0 Å². The molecule has 1 radical (unpaired) electrons. The van der Waals surface area contributed by atoms with E-state index in [2.05, 4.69) is 0 Å². The van der Waals surface area contributed by atoms with Gasteiger partial charge in [-0.05, 0) is 6.92 Å². The van der Waals surface area contributed by atoms with Crippen molar-refractivity contribution in [3.05, 3.63) is 0 Å². The van der Waals surface area contributed by atoms with E-state index in [1.807, 2.05) is 0 Å². The topological polar surface area (TPSA) is 61.1 Å². The Morgan fingerprint density at radius 3 is 1.80 bits per heavy atom. The van der Waals surface area contributed by atoms with E-state index in [4.69, 9.17) is 10.8 Å². The molecule has 0 rings (SSSR count). The van der Waals surface area contributed by atoms with Gasteiger partial charge in [0.25, 0.3) is 5.91 Å². The number of nitrogens with one attached hydrogen (secondary N) is 1. The zero-order valence-electron chi connectivity index (χ0n) is 4.99. The summed E-state index contributed by atoms with van der Waals surface area (Å²) in [5, 5.41) is 8.27.